The molecule has 1 aromatic carbocycles. The summed E-state index contributed by atoms with van der Waals surface area (Å²) in [5.74, 6) is -0.659. The van der Waals surface area contributed by atoms with Gasteiger partial charge in [-0.2, -0.15) is 0 Å². The molecule has 0 radical (unpaired) electrons. The first kappa shape index (κ1) is 17.8. The summed E-state index contributed by atoms with van der Waals surface area (Å²) in [4.78, 5) is 28.6. The van der Waals surface area contributed by atoms with Crippen LogP contribution in [-0.4, -0.2) is 66.5 Å². The molecule has 2 heterocycles. The van der Waals surface area contributed by atoms with Crippen molar-refractivity contribution in [3.8, 4) is 0 Å². The lowest BCUT2D eigenvalue weighted by Gasteiger charge is -2.40. The fourth-order valence-electron chi connectivity index (χ4n) is 3.29. The number of carbonyl (C=O) groups excluding carboxylic acids is 2. The topological polar surface area (TPSA) is 75.9 Å². The molecule has 2 fully saturated rings. The number of nitrogens with zero attached hydrogens (tertiary/aromatic N) is 2. The highest BCUT2D eigenvalue weighted by atomic mass is 19.1. The molecule has 7 heteroatoms. The van der Waals surface area contributed by atoms with Crippen molar-refractivity contribution >= 4 is 11.8 Å². The summed E-state index contributed by atoms with van der Waals surface area (Å²) < 4.78 is 19.0. The highest BCUT2D eigenvalue weighted by molar-refractivity contribution is 5.94. The summed E-state index contributed by atoms with van der Waals surface area (Å²) in [6.45, 7) is 4.39. The Labute approximate surface area is 146 Å². The van der Waals surface area contributed by atoms with Crippen LogP contribution in [0, 0.1) is 12.7 Å². The van der Waals surface area contributed by atoms with E-state index >= 15 is 0 Å². The monoisotopic (exact) mass is 349 g/mol. The number of aryl methyl sites for hydroxylation is 1. The number of piperazine rings is 1. The van der Waals surface area contributed by atoms with Crippen molar-refractivity contribution in [2.24, 2.45) is 5.73 Å². The number of benzene rings is 1. The minimum atomic E-state index is -0.857. The Balaban J connectivity index is 1.60. The van der Waals surface area contributed by atoms with Gasteiger partial charge in [-0.15, -0.1) is 0 Å². The second-order valence-electron chi connectivity index (χ2n) is 6.82. The van der Waals surface area contributed by atoms with Crippen molar-refractivity contribution in [3.63, 3.8) is 0 Å². The fourth-order valence-corrected chi connectivity index (χ4v) is 3.29. The Hall–Kier alpha value is -1.99. The van der Waals surface area contributed by atoms with E-state index in [1.54, 1.807) is 28.9 Å². The minimum Gasteiger partial charge on any atom is -0.381 e. The van der Waals surface area contributed by atoms with Gasteiger partial charge in [0.1, 0.15) is 5.82 Å². The molecule has 0 aromatic heterocycles. The summed E-state index contributed by atoms with van der Waals surface area (Å²) in [6, 6.07) is 4.51. The quantitative estimate of drug-likeness (QED) is 0.862. The largest absolute Gasteiger partial charge is 0.381 e. The van der Waals surface area contributed by atoms with E-state index < -0.39 is 5.54 Å². The molecule has 2 N–H and O–H groups in total. The number of nitrogens with two attached hydrogens (primary N) is 1. The van der Waals surface area contributed by atoms with Crippen LogP contribution in [0.1, 0.15) is 28.8 Å². The van der Waals surface area contributed by atoms with Crippen molar-refractivity contribution in [3.05, 3.63) is 35.1 Å². The van der Waals surface area contributed by atoms with Crippen LogP contribution in [0.25, 0.3) is 0 Å². The summed E-state index contributed by atoms with van der Waals surface area (Å²) in [5, 5.41) is 0. The number of hydrogen-bond donors (Lipinski definition) is 1. The standard InChI is InChI=1S/C18H24FN3O3/c1-13-2-3-14(12-15(13)19)16(23)21-6-8-22(9-7-21)17(24)18(20)4-10-25-11-5-18/h2-3,12H,4-11,20H2,1H3. The molecule has 2 amide bonds. The maximum absolute atomic E-state index is 13.7. The van der Waals surface area contributed by atoms with Gasteiger partial charge in [0.25, 0.3) is 5.91 Å². The zero-order valence-corrected chi connectivity index (χ0v) is 14.5. The van der Waals surface area contributed by atoms with Crippen molar-refractivity contribution in [1.29, 1.82) is 0 Å². The number of rotatable bonds is 2. The summed E-state index contributed by atoms with van der Waals surface area (Å²) in [6.07, 6.45) is 1.04. The number of halogens is 1. The minimum absolute atomic E-state index is 0.0655. The van der Waals surface area contributed by atoms with Gasteiger partial charge in [-0.05, 0) is 37.5 Å². The van der Waals surface area contributed by atoms with Crippen molar-refractivity contribution in [2.75, 3.05) is 39.4 Å². The van der Waals surface area contributed by atoms with Crippen LogP contribution < -0.4 is 5.73 Å². The molecule has 25 heavy (non-hydrogen) atoms. The van der Waals surface area contributed by atoms with Gasteiger partial charge in [0.15, 0.2) is 0 Å². The maximum Gasteiger partial charge on any atom is 0.254 e. The van der Waals surface area contributed by atoms with Gasteiger partial charge in [0.2, 0.25) is 5.91 Å². The third-order valence-corrected chi connectivity index (χ3v) is 5.08. The molecule has 6 nitrogen and oxygen atoms in total. The third kappa shape index (κ3) is 3.67. The van der Waals surface area contributed by atoms with Gasteiger partial charge < -0.3 is 20.3 Å². The van der Waals surface area contributed by atoms with Crippen molar-refractivity contribution in [2.45, 2.75) is 25.3 Å². The van der Waals surface area contributed by atoms with Crippen LogP contribution in [0.3, 0.4) is 0 Å². The lowest BCUT2D eigenvalue weighted by atomic mass is 9.89. The van der Waals surface area contributed by atoms with Crippen LogP contribution in [0.5, 0.6) is 0 Å². The second kappa shape index (κ2) is 7.09. The van der Waals surface area contributed by atoms with Crippen LogP contribution in [0.4, 0.5) is 4.39 Å². The molecule has 1 aromatic rings. The number of amides is 2. The second-order valence-corrected chi connectivity index (χ2v) is 6.82. The Kier molecular flexibility index (Phi) is 5.06. The summed E-state index contributed by atoms with van der Waals surface area (Å²) >= 11 is 0. The maximum atomic E-state index is 13.7. The van der Waals surface area contributed by atoms with E-state index in [9.17, 15) is 14.0 Å². The fraction of sp³-hybridized carbons (Fsp3) is 0.556. The van der Waals surface area contributed by atoms with Gasteiger partial charge in [-0.3, -0.25) is 9.59 Å². The Morgan fingerprint density at radius 3 is 2.32 bits per heavy atom. The first-order chi connectivity index (χ1) is 11.9. The van der Waals surface area contributed by atoms with Crippen LogP contribution in [-0.2, 0) is 9.53 Å². The number of carbonyl (C=O) groups is 2. The zero-order chi connectivity index (χ0) is 18.0. The molecule has 3 rings (SSSR count). The average Bonchev–Trinajstić information content (AvgIpc) is 2.63. The average molecular weight is 349 g/mol. The highest BCUT2D eigenvalue weighted by Crippen LogP contribution is 2.22. The zero-order valence-electron chi connectivity index (χ0n) is 14.5. The Morgan fingerprint density at radius 2 is 1.72 bits per heavy atom. The molecule has 0 spiro atoms. The lowest BCUT2D eigenvalue weighted by molar-refractivity contribution is -0.142. The molecule has 0 aliphatic carbocycles. The van der Waals surface area contributed by atoms with E-state index in [2.05, 4.69) is 0 Å². The van der Waals surface area contributed by atoms with Crippen molar-refractivity contribution < 1.29 is 18.7 Å². The van der Waals surface area contributed by atoms with E-state index in [-0.39, 0.29) is 17.6 Å². The summed E-state index contributed by atoms with van der Waals surface area (Å²) in [7, 11) is 0. The predicted molar refractivity (Wildman–Crippen MR) is 90.6 cm³/mol. The summed E-state index contributed by atoms with van der Waals surface area (Å²) in [5.41, 5.74) is 6.25. The van der Waals surface area contributed by atoms with Gasteiger partial charge in [0, 0.05) is 45.0 Å². The van der Waals surface area contributed by atoms with Gasteiger partial charge >= 0.3 is 0 Å². The Morgan fingerprint density at radius 1 is 1.12 bits per heavy atom. The van der Waals surface area contributed by atoms with Gasteiger partial charge in [-0.1, -0.05) is 6.07 Å². The molecule has 2 aliphatic rings. The van der Waals surface area contributed by atoms with E-state index in [0.29, 0.717) is 63.4 Å². The number of hydrogen-bond acceptors (Lipinski definition) is 4. The van der Waals surface area contributed by atoms with E-state index in [4.69, 9.17) is 10.5 Å². The molecule has 0 unspecified atom stereocenters. The van der Waals surface area contributed by atoms with E-state index in [1.165, 1.54) is 6.07 Å². The first-order valence-corrected chi connectivity index (χ1v) is 8.62. The number of ether oxygens (including phenoxy) is 1. The smallest absolute Gasteiger partial charge is 0.254 e. The van der Waals surface area contributed by atoms with Gasteiger partial charge in [0.05, 0.1) is 5.54 Å². The van der Waals surface area contributed by atoms with Crippen molar-refractivity contribution in [1.82, 2.24) is 9.80 Å². The molecular weight excluding hydrogens is 325 g/mol. The molecule has 2 saturated heterocycles. The molecule has 0 atom stereocenters. The highest BCUT2D eigenvalue weighted by Gasteiger charge is 2.40. The van der Waals surface area contributed by atoms with E-state index in [1.807, 2.05) is 0 Å². The van der Waals surface area contributed by atoms with E-state index in [0.717, 1.165) is 0 Å². The third-order valence-electron chi connectivity index (χ3n) is 5.08. The molecule has 2 aliphatic heterocycles. The van der Waals surface area contributed by atoms with Gasteiger partial charge in [-0.25, -0.2) is 4.39 Å². The van der Waals surface area contributed by atoms with Crippen LogP contribution >= 0.6 is 0 Å². The predicted octanol–water partition coefficient (Wildman–Crippen LogP) is 0.926. The van der Waals surface area contributed by atoms with Crippen LogP contribution in [0.15, 0.2) is 18.2 Å². The molecule has 0 saturated carbocycles. The van der Waals surface area contributed by atoms with Crippen LogP contribution in [0.2, 0.25) is 0 Å². The molecular formula is C18H24FN3O3. The molecule has 0 bridgehead atoms. The SMILES string of the molecule is Cc1ccc(C(=O)N2CCN(C(=O)C3(N)CCOCC3)CC2)cc1F. The Bertz CT molecular complexity index is 666. The normalized spacial score (nSPS) is 20.4. The lowest BCUT2D eigenvalue weighted by Crippen LogP contribution is -2.61. The molecule has 136 valence electrons. The first-order valence-electron chi connectivity index (χ1n) is 8.62.